The van der Waals surface area contributed by atoms with E-state index in [-0.39, 0.29) is 0 Å². The fourth-order valence-corrected chi connectivity index (χ4v) is 1.73. The minimum atomic E-state index is 0.348. The van der Waals surface area contributed by atoms with Crippen molar-refractivity contribution in [1.82, 2.24) is 0 Å². The van der Waals surface area contributed by atoms with Crippen LogP contribution in [0.25, 0.3) is 0 Å². The average Bonchev–Trinajstić information content (AvgIpc) is 2.23. The van der Waals surface area contributed by atoms with Crippen LogP contribution >= 0.6 is 0 Å². The molecule has 1 aromatic carbocycles. The Kier molecular flexibility index (Phi) is 3.97. The molecule has 0 saturated heterocycles. The molecule has 0 aliphatic carbocycles. The fraction of sp³-hybridized carbons (Fsp3) is 0.500. The third-order valence-electron chi connectivity index (χ3n) is 2.69. The van der Waals surface area contributed by atoms with Gasteiger partial charge in [-0.15, -0.1) is 0 Å². The molecule has 3 nitrogen and oxygen atoms in total. The molecule has 0 heterocycles. The summed E-state index contributed by atoms with van der Waals surface area (Å²) in [5, 5.41) is 10.00. The van der Waals surface area contributed by atoms with E-state index in [0.717, 1.165) is 35.3 Å². The van der Waals surface area contributed by atoms with Gasteiger partial charge < -0.3 is 15.6 Å². The normalized spacial score (nSPS) is 10.4. The Morgan fingerprint density at radius 2 is 2.07 bits per heavy atom. The number of aryl methyl sites for hydroxylation is 1. The van der Waals surface area contributed by atoms with Crippen molar-refractivity contribution in [3.63, 3.8) is 0 Å². The molecule has 0 aliphatic rings. The first-order valence-electron chi connectivity index (χ1n) is 5.18. The van der Waals surface area contributed by atoms with Gasteiger partial charge in [0.2, 0.25) is 0 Å². The smallest absolute Gasteiger partial charge is 0.125 e. The van der Waals surface area contributed by atoms with Gasteiger partial charge in [0.25, 0.3) is 0 Å². The Hall–Kier alpha value is -1.22. The van der Waals surface area contributed by atoms with Crippen molar-refractivity contribution < 1.29 is 9.84 Å². The predicted octanol–water partition coefficient (Wildman–Crippen LogP) is 1.91. The molecular weight excluding hydrogens is 190 g/mol. The second-order valence-electron chi connectivity index (χ2n) is 3.74. The topological polar surface area (TPSA) is 55.5 Å². The van der Waals surface area contributed by atoms with Crippen LogP contribution in [-0.4, -0.2) is 18.8 Å². The summed E-state index contributed by atoms with van der Waals surface area (Å²) in [5.41, 5.74) is 8.31. The second kappa shape index (κ2) is 5.03. The lowest BCUT2D eigenvalue weighted by molar-refractivity contribution is 0.400. The summed E-state index contributed by atoms with van der Waals surface area (Å²) in [6.07, 6.45) is 1.71. The maximum Gasteiger partial charge on any atom is 0.125 e. The zero-order valence-electron chi connectivity index (χ0n) is 9.63. The van der Waals surface area contributed by atoms with E-state index in [1.807, 2.05) is 19.9 Å². The highest BCUT2D eigenvalue weighted by Crippen LogP contribution is 2.33. The Morgan fingerprint density at radius 3 is 2.60 bits per heavy atom. The highest BCUT2D eigenvalue weighted by Gasteiger charge is 2.12. The van der Waals surface area contributed by atoms with Gasteiger partial charge in [-0.1, -0.05) is 0 Å². The van der Waals surface area contributed by atoms with Crippen molar-refractivity contribution in [3.05, 3.63) is 22.8 Å². The Morgan fingerprint density at radius 1 is 1.40 bits per heavy atom. The largest absolute Gasteiger partial charge is 0.507 e. The molecule has 0 amide bonds. The third-order valence-corrected chi connectivity index (χ3v) is 2.69. The van der Waals surface area contributed by atoms with Gasteiger partial charge in [0.1, 0.15) is 11.5 Å². The molecule has 84 valence electrons. The van der Waals surface area contributed by atoms with Crippen molar-refractivity contribution >= 4 is 0 Å². The quantitative estimate of drug-likeness (QED) is 0.796. The van der Waals surface area contributed by atoms with Crippen LogP contribution in [0.3, 0.4) is 0 Å². The molecule has 1 aromatic rings. The van der Waals surface area contributed by atoms with Crippen molar-refractivity contribution in [3.8, 4) is 11.5 Å². The third kappa shape index (κ3) is 2.42. The lowest BCUT2D eigenvalue weighted by Crippen LogP contribution is -2.02. The predicted molar refractivity (Wildman–Crippen MR) is 61.5 cm³/mol. The first kappa shape index (κ1) is 11.9. The summed E-state index contributed by atoms with van der Waals surface area (Å²) in [6, 6.07) is 1.96. The van der Waals surface area contributed by atoms with Gasteiger partial charge in [-0.3, -0.25) is 0 Å². The molecule has 0 aromatic heterocycles. The molecule has 0 aliphatic heterocycles. The molecule has 15 heavy (non-hydrogen) atoms. The minimum absolute atomic E-state index is 0.348. The molecule has 0 spiro atoms. The van der Waals surface area contributed by atoms with E-state index in [1.54, 1.807) is 7.11 Å². The van der Waals surface area contributed by atoms with E-state index < -0.39 is 0 Å². The van der Waals surface area contributed by atoms with Crippen LogP contribution in [-0.2, 0) is 6.42 Å². The molecule has 0 atom stereocenters. The average molecular weight is 209 g/mol. The number of phenolic OH excluding ortho intramolecular Hbond substituents is 1. The number of rotatable bonds is 4. The summed E-state index contributed by atoms with van der Waals surface area (Å²) in [7, 11) is 1.61. The van der Waals surface area contributed by atoms with Crippen LogP contribution < -0.4 is 10.5 Å². The monoisotopic (exact) mass is 209 g/mol. The number of phenols is 1. The van der Waals surface area contributed by atoms with Crippen molar-refractivity contribution in [2.75, 3.05) is 13.7 Å². The number of hydrogen-bond donors (Lipinski definition) is 2. The van der Waals surface area contributed by atoms with Crippen LogP contribution in [0.1, 0.15) is 23.1 Å². The van der Waals surface area contributed by atoms with Crippen LogP contribution in [0.5, 0.6) is 11.5 Å². The molecule has 0 fully saturated rings. The summed E-state index contributed by atoms with van der Waals surface area (Å²) in [4.78, 5) is 0. The highest BCUT2D eigenvalue weighted by atomic mass is 16.5. The Balaban J connectivity index is 3.11. The lowest BCUT2D eigenvalue weighted by atomic mass is 9.99. The summed E-state index contributed by atoms with van der Waals surface area (Å²) >= 11 is 0. The van der Waals surface area contributed by atoms with Crippen molar-refractivity contribution in [2.24, 2.45) is 5.73 Å². The van der Waals surface area contributed by atoms with Crippen LogP contribution in [0.2, 0.25) is 0 Å². The zero-order valence-corrected chi connectivity index (χ0v) is 9.63. The SMILES string of the molecule is COc1cc(C)c(CCCN)c(O)c1C. The van der Waals surface area contributed by atoms with E-state index in [1.165, 1.54) is 0 Å². The zero-order chi connectivity index (χ0) is 11.4. The highest BCUT2D eigenvalue weighted by molar-refractivity contribution is 5.52. The number of aromatic hydroxyl groups is 1. The van der Waals surface area contributed by atoms with Gasteiger partial charge in [-0.25, -0.2) is 0 Å². The van der Waals surface area contributed by atoms with Gasteiger partial charge in [-0.2, -0.15) is 0 Å². The van der Waals surface area contributed by atoms with Gasteiger partial charge in [0, 0.05) is 5.56 Å². The number of benzene rings is 1. The summed E-state index contributed by atoms with van der Waals surface area (Å²) < 4.78 is 5.18. The van der Waals surface area contributed by atoms with Crippen molar-refractivity contribution in [1.29, 1.82) is 0 Å². The van der Waals surface area contributed by atoms with Crippen molar-refractivity contribution in [2.45, 2.75) is 26.7 Å². The van der Waals surface area contributed by atoms with E-state index >= 15 is 0 Å². The molecular formula is C12H19NO2. The van der Waals surface area contributed by atoms with Gasteiger partial charge in [-0.05, 0) is 50.4 Å². The molecule has 0 unspecified atom stereocenters. The molecule has 0 radical (unpaired) electrons. The van der Waals surface area contributed by atoms with E-state index in [4.69, 9.17) is 10.5 Å². The number of methoxy groups -OCH3 is 1. The fourth-order valence-electron chi connectivity index (χ4n) is 1.73. The maximum atomic E-state index is 10.00. The summed E-state index contributed by atoms with van der Waals surface area (Å²) in [6.45, 7) is 4.48. The van der Waals surface area contributed by atoms with E-state index in [2.05, 4.69) is 0 Å². The van der Waals surface area contributed by atoms with E-state index in [0.29, 0.717) is 12.3 Å². The number of ether oxygens (including phenoxy) is 1. The Bertz CT molecular complexity index is 348. The minimum Gasteiger partial charge on any atom is -0.507 e. The van der Waals surface area contributed by atoms with Crippen LogP contribution in [0.4, 0.5) is 0 Å². The molecule has 0 bridgehead atoms. The molecule has 0 saturated carbocycles. The van der Waals surface area contributed by atoms with Crippen LogP contribution in [0, 0.1) is 13.8 Å². The van der Waals surface area contributed by atoms with E-state index in [9.17, 15) is 5.11 Å². The van der Waals surface area contributed by atoms with Gasteiger partial charge in [0.05, 0.1) is 7.11 Å². The maximum absolute atomic E-state index is 10.00. The lowest BCUT2D eigenvalue weighted by Gasteiger charge is -2.14. The second-order valence-corrected chi connectivity index (χ2v) is 3.74. The number of nitrogens with two attached hydrogens (primary N) is 1. The first-order valence-corrected chi connectivity index (χ1v) is 5.18. The Labute approximate surface area is 90.9 Å². The first-order chi connectivity index (χ1) is 7.11. The summed E-state index contributed by atoms with van der Waals surface area (Å²) in [5.74, 6) is 1.08. The number of hydrogen-bond acceptors (Lipinski definition) is 3. The van der Waals surface area contributed by atoms with Gasteiger partial charge >= 0.3 is 0 Å². The van der Waals surface area contributed by atoms with Gasteiger partial charge in [0.15, 0.2) is 0 Å². The molecule has 1 rings (SSSR count). The molecule has 3 heteroatoms. The molecule has 3 N–H and O–H groups in total. The van der Waals surface area contributed by atoms with Crippen LogP contribution in [0.15, 0.2) is 6.07 Å². The standard InChI is InChI=1S/C12H19NO2/c1-8-7-11(15-3)9(2)12(14)10(8)5-4-6-13/h7,14H,4-6,13H2,1-3H3.